The molecule has 0 bridgehead atoms. The van der Waals surface area contributed by atoms with Crippen LogP contribution < -0.4 is 0 Å². The molecule has 0 aromatic heterocycles. The van der Waals surface area contributed by atoms with Gasteiger partial charge < -0.3 is 9.80 Å². The van der Waals surface area contributed by atoms with Crippen molar-refractivity contribution in [1.29, 1.82) is 0 Å². The normalized spacial score (nSPS) is 16.3. The average Bonchev–Trinajstić information content (AvgIpc) is 2.76. The molecule has 2 aromatic carbocycles. The van der Waals surface area contributed by atoms with Crippen molar-refractivity contribution in [2.75, 3.05) is 26.2 Å². The summed E-state index contributed by atoms with van der Waals surface area (Å²) >= 11 is 14.9. The standard InChI is InChI=1S/C22H24Cl2N2O2S2/c1-15(29-19-7-3-17(23)4-8-19)21(27)25-11-13-26(14-12-25)22(28)16(2)30-20-9-5-18(24)6-10-20/h3-10,15-16H,11-14H2,1-2H3/t15-,16-/m1/s1. The highest BCUT2D eigenvalue weighted by Crippen LogP contribution is 2.28. The van der Waals surface area contributed by atoms with E-state index in [2.05, 4.69) is 0 Å². The van der Waals surface area contributed by atoms with Crippen molar-refractivity contribution < 1.29 is 9.59 Å². The quantitative estimate of drug-likeness (QED) is 0.521. The molecule has 0 saturated carbocycles. The monoisotopic (exact) mass is 482 g/mol. The first kappa shape index (κ1) is 23.3. The van der Waals surface area contributed by atoms with Gasteiger partial charge in [-0.15, -0.1) is 23.5 Å². The van der Waals surface area contributed by atoms with Crippen molar-refractivity contribution in [2.45, 2.75) is 34.1 Å². The fourth-order valence-corrected chi connectivity index (χ4v) is 5.35. The molecule has 2 atom stereocenters. The van der Waals surface area contributed by atoms with Gasteiger partial charge in [0.25, 0.3) is 0 Å². The predicted molar refractivity (Wildman–Crippen MR) is 127 cm³/mol. The molecule has 1 aliphatic rings. The first-order valence-corrected chi connectivity index (χ1v) is 12.3. The third-order valence-corrected chi connectivity index (χ3v) is 7.55. The highest BCUT2D eigenvalue weighted by atomic mass is 35.5. The summed E-state index contributed by atoms with van der Waals surface area (Å²) in [4.78, 5) is 31.4. The van der Waals surface area contributed by atoms with Crippen LogP contribution in [-0.4, -0.2) is 58.3 Å². The van der Waals surface area contributed by atoms with Crippen LogP contribution in [0.5, 0.6) is 0 Å². The number of benzene rings is 2. The molecule has 8 heteroatoms. The van der Waals surface area contributed by atoms with E-state index in [1.165, 1.54) is 23.5 Å². The molecule has 30 heavy (non-hydrogen) atoms. The Hall–Kier alpha value is -1.34. The molecule has 1 saturated heterocycles. The Morgan fingerprint density at radius 2 is 1.00 bits per heavy atom. The molecular formula is C22H24Cl2N2O2S2. The van der Waals surface area contributed by atoms with Crippen molar-refractivity contribution in [3.8, 4) is 0 Å². The summed E-state index contributed by atoms with van der Waals surface area (Å²) in [6.45, 7) is 6.10. The number of hydrogen-bond donors (Lipinski definition) is 0. The minimum atomic E-state index is -0.187. The van der Waals surface area contributed by atoms with Crippen molar-refractivity contribution in [2.24, 2.45) is 0 Å². The van der Waals surface area contributed by atoms with Gasteiger partial charge in [-0.25, -0.2) is 0 Å². The van der Waals surface area contributed by atoms with E-state index in [1.54, 1.807) is 0 Å². The van der Waals surface area contributed by atoms with E-state index in [0.29, 0.717) is 36.2 Å². The Morgan fingerprint density at radius 1 is 0.700 bits per heavy atom. The summed E-state index contributed by atoms with van der Waals surface area (Å²) in [7, 11) is 0. The second-order valence-electron chi connectivity index (χ2n) is 7.08. The van der Waals surface area contributed by atoms with Gasteiger partial charge in [-0.05, 0) is 62.4 Å². The Balaban J connectivity index is 1.48. The van der Waals surface area contributed by atoms with E-state index < -0.39 is 0 Å². The number of piperazine rings is 1. The number of halogens is 2. The van der Waals surface area contributed by atoms with E-state index >= 15 is 0 Å². The molecule has 0 aliphatic carbocycles. The number of thioether (sulfide) groups is 2. The summed E-state index contributed by atoms with van der Waals surface area (Å²) in [5, 5.41) is 0.991. The van der Waals surface area contributed by atoms with Gasteiger partial charge in [0.2, 0.25) is 11.8 Å². The Kier molecular flexibility index (Phi) is 8.40. The van der Waals surface area contributed by atoms with Crippen LogP contribution in [0, 0.1) is 0 Å². The molecule has 0 unspecified atom stereocenters. The van der Waals surface area contributed by atoms with Gasteiger partial charge >= 0.3 is 0 Å². The maximum atomic E-state index is 12.8. The zero-order valence-electron chi connectivity index (χ0n) is 16.9. The molecule has 2 amide bonds. The SMILES string of the molecule is C[C@@H](Sc1ccc(Cl)cc1)C(=O)N1CCN(C(=O)[C@@H](C)Sc2ccc(Cl)cc2)CC1. The van der Waals surface area contributed by atoms with Crippen molar-refractivity contribution >= 4 is 58.5 Å². The van der Waals surface area contributed by atoms with Gasteiger partial charge in [0.1, 0.15) is 0 Å². The van der Waals surface area contributed by atoms with Crippen LogP contribution in [0.25, 0.3) is 0 Å². The van der Waals surface area contributed by atoms with Gasteiger partial charge in [-0.2, -0.15) is 0 Å². The van der Waals surface area contributed by atoms with Gasteiger partial charge in [-0.1, -0.05) is 23.2 Å². The molecule has 1 aliphatic heterocycles. The zero-order chi connectivity index (χ0) is 21.7. The summed E-state index contributed by atoms with van der Waals surface area (Å²) in [6.07, 6.45) is 0. The lowest BCUT2D eigenvalue weighted by Gasteiger charge is -2.36. The highest BCUT2D eigenvalue weighted by Gasteiger charge is 2.29. The first-order chi connectivity index (χ1) is 14.3. The van der Waals surface area contributed by atoms with E-state index in [-0.39, 0.29) is 22.3 Å². The smallest absolute Gasteiger partial charge is 0.235 e. The van der Waals surface area contributed by atoms with Crippen molar-refractivity contribution in [3.05, 3.63) is 58.6 Å². The molecule has 2 aromatic rings. The minimum Gasteiger partial charge on any atom is -0.338 e. The predicted octanol–water partition coefficient (Wildman–Crippen LogP) is 5.33. The van der Waals surface area contributed by atoms with Crippen LogP contribution >= 0.6 is 46.7 Å². The van der Waals surface area contributed by atoms with Crippen LogP contribution in [0.15, 0.2) is 58.3 Å². The van der Waals surface area contributed by atoms with E-state index in [1.807, 2.05) is 72.2 Å². The van der Waals surface area contributed by atoms with Crippen LogP contribution in [-0.2, 0) is 9.59 Å². The summed E-state index contributed by atoms with van der Waals surface area (Å²) in [6, 6.07) is 15.0. The maximum absolute atomic E-state index is 12.8. The van der Waals surface area contributed by atoms with Gasteiger partial charge in [0.15, 0.2) is 0 Å². The number of amides is 2. The molecule has 160 valence electrons. The molecule has 0 spiro atoms. The lowest BCUT2D eigenvalue weighted by atomic mass is 10.2. The largest absolute Gasteiger partial charge is 0.338 e. The topological polar surface area (TPSA) is 40.6 Å². The molecule has 1 heterocycles. The Morgan fingerprint density at radius 3 is 1.30 bits per heavy atom. The van der Waals surface area contributed by atoms with Crippen molar-refractivity contribution in [3.63, 3.8) is 0 Å². The molecule has 0 N–H and O–H groups in total. The van der Waals surface area contributed by atoms with Gasteiger partial charge in [0, 0.05) is 46.0 Å². The van der Waals surface area contributed by atoms with E-state index in [0.717, 1.165) is 9.79 Å². The summed E-state index contributed by atoms with van der Waals surface area (Å²) in [5.41, 5.74) is 0. The number of hydrogen-bond acceptors (Lipinski definition) is 4. The Labute approximate surface area is 196 Å². The lowest BCUT2D eigenvalue weighted by molar-refractivity contribution is -0.138. The summed E-state index contributed by atoms with van der Waals surface area (Å²) < 4.78 is 0. The molecule has 3 rings (SSSR count). The fourth-order valence-electron chi connectivity index (χ4n) is 3.20. The first-order valence-electron chi connectivity index (χ1n) is 9.75. The van der Waals surface area contributed by atoms with Gasteiger partial charge in [0.05, 0.1) is 10.5 Å². The number of rotatable bonds is 6. The van der Waals surface area contributed by atoms with E-state index in [4.69, 9.17) is 23.2 Å². The van der Waals surface area contributed by atoms with Gasteiger partial charge in [-0.3, -0.25) is 9.59 Å². The third kappa shape index (κ3) is 6.33. The average molecular weight is 483 g/mol. The number of nitrogens with zero attached hydrogens (tertiary/aromatic N) is 2. The molecule has 0 radical (unpaired) electrons. The lowest BCUT2D eigenvalue weighted by Crippen LogP contribution is -2.53. The van der Waals surface area contributed by atoms with E-state index in [9.17, 15) is 9.59 Å². The third-order valence-electron chi connectivity index (χ3n) is 4.85. The minimum absolute atomic E-state index is 0.102. The van der Waals surface area contributed by atoms with Crippen LogP contribution in [0.4, 0.5) is 0 Å². The fraction of sp³-hybridized carbons (Fsp3) is 0.364. The number of carbonyl (C=O) groups is 2. The molecular weight excluding hydrogens is 459 g/mol. The Bertz CT molecular complexity index is 796. The highest BCUT2D eigenvalue weighted by molar-refractivity contribution is 8.00. The van der Waals surface area contributed by atoms with Crippen LogP contribution in [0.2, 0.25) is 10.0 Å². The molecule has 4 nitrogen and oxygen atoms in total. The van der Waals surface area contributed by atoms with Crippen molar-refractivity contribution in [1.82, 2.24) is 9.80 Å². The zero-order valence-corrected chi connectivity index (χ0v) is 20.0. The van der Waals surface area contributed by atoms with Crippen LogP contribution in [0.3, 0.4) is 0 Å². The number of carbonyl (C=O) groups excluding carboxylic acids is 2. The molecule has 1 fully saturated rings. The second kappa shape index (κ2) is 10.8. The maximum Gasteiger partial charge on any atom is 0.235 e. The van der Waals surface area contributed by atoms with Crippen LogP contribution in [0.1, 0.15) is 13.8 Å². The summed E-state index contributed by atoms with van der Waals surface area (Å²) in [5.74, 6) is 0.205. The second-order valence-corrected chi connectivity index (χ2v) is 10.8.